The number of hydrogen-bond acceptors (Lipinski definition) is 1. The summed E-state index contributed by atoms with van der Waals surface area (Å²) in [5.74, 6) is -0.106. The first kappa shape index (κ1) is 13.3. The average molecular weight is 247 g/mol. The van der Waals surface area contributed by atoms with Gasteiger partial charge in [-0.05, 0) is 63.3 Å². The smallest absolute Gasteiger partial charge is 0.126 e. The SMILES string of the molecule is CNC(CC1=CCCCC1)c1ccc(C)c(F)c1. The highest BCUT2D eigenvalue weighted by Gasteiger charge is 2.14. The fourth-order valence-corrected chi connectivity index (χ4v) is 2.56. The van der Waals surface area contributed by atoms with Crippen LogP contribution in [-0.4, -0.2) is 7.05 Å². The van der Waals surface area contributed by atoms with Crippen molar-refractivity contribution >= 4 is 0 Å². The van der Waals surface area contributed by atoms with E-state index in [0.717, 1.165) is 12.0 Å². The molecule has 1 atom stereocenters. The van der Waals surface area contributed by atoms with Gasteiger partial charge in [-0.25, -0.2) is 4.39 Å². The quantitative estimate of drug-likeness (QED) is 0.783. The van der Waals surface area contributed by atoms with Gasteiger partial charge in [-0.1, -0.05) is 23.8 Å². The van der Waals surface area contributed by atoms with Gasteiger partial charge in [0.25, 0.3) is 0 Å². The van der Waals surface area contributed by atoms with Gasteiger partial charge in [0.05, 0.1) is 0 Å². The number of halogens is 1. The van der Waals surface area contributed by atoms with Crippen LogP contribution in [0.15, 0.2) is 29.8 Å². The first-order chi connectivity index (χ1) is 8.70. The lowest BCUT2D eigenvalue weighted by molar-refractivity contribution is 0.550. The van der Waals surface area contributed by atoms with Crippen molar-refractivity contribution < 1.29 is 4.39 Å². The third-order valence-corrected chi connectivity index (χ3v) is 3.80. The molecule has 1 aromatic rings. The Bertz CT molecular complexity index is 437. The van der Waals surface area contributed by atoms with Crippen LogP contribution in [0.5, 0.6) is 0 Å². The van der Waals surface area contributed by atoms with Gasteiger partial charge >= 0.3 is 0 Å². The first-order valence-corrected chi connectivity index (χ1v) is 6.82. The Morgan fingerprint density at radius 2 is 2.17 bits per heavy atom. The molecule has 1 aliphatic carbocycles. The van der Waals surface area contributed by atoms with E-state index < -0.39 is 0 Å². The molecule has 0 saturated carbocycles. The molecule has 0 spiro atoms. The second-order valence-electron chi connectivity index (χ2n) is 5.16. The Balaban J connectivity index is 2.12. The van der Waals surface area contributed by atoms with E-state index in [0.29, 0.717) is 5.56 Å². The lowest BCUT2D eigenvalue weighted by Gasteiger charge is -2.21. The molecule has 2 rings (SSSR count). The molecule has 0 fully saturated rings. The molecule has 18 heavy (non-hydrogen) atoms. The summed E-state index contributed by atoms with van der Waals surface area (Å²) >= 11 is 0. The van der Waals surface area contributed by atoms with E-state index >= 15 is 0 Å². The first-order valence-electron chi connectivity index (χ1n) is 6.82. The van der Waals surface area contributed by atoms with Gasteiger partial charge in [0.1, 0.15) is 5.82 Å². The van der Waals surface area contributed by atoms with Crippen LogP contribution in [-0.2, 0) is 0 Å². The summed E-state index contributed by atoms with van der Waals surface area (Å²) in [4.78, 5) is 0. The summed E-state index contributed by atoms with van der Waals surface area (Å²) in [6.45, 7) is 1.80. The van der Waals surface area contributed by atoms with Crippen molar-refractivity contribution in [1.29, 1.82) is 0 Å². The van der Waals surface area contributed by atoms with Crippen LogP contribution >= 0.6 is 0 Å². The fraction of sp³-hybridized carbons (Fsp3) is 0.500. The largest absolute Gasteiger partial charge is 0.313 e. The summed E-state index contributed by atoms with van der Waals surface area (Å²) in [5.41, 5.74) is 3.28. The summed E-state index contributed by atoms with van der Waals surface area (Å²) in [6, 6.07) is 5.79. The molecular formula is C16H22FN. The minimum absolute atomic E-state index is 0.106. The highest BCUT2D eigenvalue weighted by Crippen LogP contribution is 2.28. The van der Waals surface area contributed by atoms with E-state index in [1.807, 2.05) is 19.2 Å². The van der Waals surface area contributed by atoms with Crippen molar-refractivity contribution in [2.45, 2.75) is 45.1 Å². The van der Waals surface area contributed by atoms with Crippen LogP contribution in [0.1, 0.15) is 49.3 Å². The lowest BCUT2D eigenvalue weighted by Crippen LogP contribution is -2.17. The van der Waals surface area contributed by atoms with E-state index in [4.69, 9.17) is 0 Å². The highest BCUT2D eigenvalue weighted by molar-refractivity contribution is 5.27. The number of hydrogen-bond donors (Lipinski definition) is 1. The summed E-state index contributed by atoms with van der Waals surface area (Å²) in [6.07, 6.45) is 8.37. The van der Waals surface area contributed by atoms with E-state index in [9.17, 15) is 4.39 Å². The summed E-state index contributed by atoms with van der Waals surface area (Å²) < 4.78 is 13.6. The average Bonchev–Trinajstić information content (AvgIpc) is 2.40. The summed E-state index contributed by atoms with van der Waals surface area (Å²) in [5, 5.41) is 3.30. The Labute approximate surface area is 109 Å². The molecule has 1 aromatic carbocycles. The molecule has 0 saturated heterocycles. The van der Waals surface area contributed by atoms with Crippen molar-refractivity contribution in [3.63, 3.8) is 0 Å². The third kappa shape index (κ3) is 3.20. The van der Waals surface area contributed by atoms with E-state index in [2.05, 4.69) is 11.4 Å². The predicted octanol–water partition coefficient (Wildman–Crippen LogP) is 4.29. The standard InChI is InChI=1S/C16H22FN/c1-12-8-9-14(11-15(12)17)16(18-2)10-13-6-4-3-5-7-13/h6,8-9,11,16,18H,3-5,7,10H2,1-2H3. The summed E-state index contributed by atoms with van der Waals surface area (Å²) in [7, 11) is 1.95. The molecule has 1 aliphatic rings. The molecule has 1 nitrogen and oxygen atoms in total. The Kier molecular flexibility index (Phi) is 4.54. The topological polar surface area (TPSA) is 12.0 Å². The Morgan fingerprint density at radius 1 is 1.33 bits per heavy atom. The molecule has 0 bridgehead atoms. The van der Waals surface area contributed by atoms with Crippen molar-refractivity contribution in [3.8, 4) is 0 Å². The second kappa shape index (κ2) is 6.14. The number of allylic oxidation sites excluding steroid dienone is 1. The molecule has 0 heterocycles. The number of rotatable bonds is 4. The molecule has 98 valence electrons. The van der Waals surface area contributed by atoms with Crippen LogP contribution in [0.3, 0.4) is 0 Å². The van der Waals surface area contributed by atoms with Gasteiger partial charge < -0.3 is 5.32 Å². The molecule has 2 heteroatoms. The van der Waals surface area contributed by atoms with Gasteiger partial charge in [-0.2, -0.15) is 0 Å². The highest BCUT2D eigenvalue weighted by atomic mass is 19.1. The normalized spacial score (nSPS) is 17.4. The van der Waals surface area contributed by atoms with Crippen LogP contribution in [0.4, 0.5) is 4.39 Å². The lowest BCUT2D eigenvalue weighted by atomic mass is 9.91. The van der Waals surface area contributed by atoms with Crippen LogP contribution in [0.2, 0.25) is 0 Å². The maximum atomic E-state index is 13.6. The zero-order valence-corrected chi connectivity index (χ0v) is 11.3. The minimum atomic E-state index is -0.106. The Morgan fingerprint density at radius 3 is 2.78 bits per heavy atom. The predicted molar refractivity (Wildman–Crippen MR) is 74.1 cm³/mol. The number of nitrogens with one attached hydrogen (secondary N) is 1. The number of aryl methyl sites for hydroxylation is 1. The molecular weight excluding hydrogens is 225 g/mol. The van der Waals surface area contributed by atoms with E-state index in [-0.39, 0.29) is 11.9 Å². The van der Waals surface area contributed by atoms with Crippen LogP contribution in [0, 0.1) is 12.7 Å². The van der Waals surface area contributed by atoms with Crippen molar-refractivity contribution in [3.05, 3.63) is 46.8 Å². The molecule has 0 radical (unpaired) electrons. The molecule has 0 aromatic heterocycles. The van der Waals surface area contributed by atoms with Gasteiger partial charge in [0, 0.05) is 6.04 Å². The molecule has 0 amide bonds. The third-order valence-electron chi connectivity index (χ3n) is 3.80. The van der Waals surface area contributed by atoms with Crippen LogP contribution < -0.4 is 5.32 Å². The maximum absolute atomic E-state index is 13.6. The van der Waals surface area contributed by atoms with E-state index in [1.54, 1.807) is 13.0 Å². The van der Waals surface area contributed by atoms with Crippen molar-refractivity contribution in [2.24, 2.45) is 0 Å². The Hall–Kier alpha value is -1.15. The zero-order chi connectivity index (χ0) is 13.0. The molecule has 0 aliphatic heterocycles. The fourth-order valence-electron chi connectivity index (χ4n) is 2.56. The maximum Gasteiger partial charge on any atom is 0.126 e. The van der Waals surface area contributed by atoms with Gasteiger partial charge in [-0.3, -0.25) is 0 Å². The minimum Gasteiger partial charge on any atom is -0.313 e. The molecule has 1 N–H and O–H groups in total. The second-order valence-corrected chi connectivity index (χ2v) is 5.16. The van der Waals surface area contributed by atoms with Gasteiger partial charge in [-0.15, -0.1) is 0 Å². The van der Waals surface area contributed by atoms with Crippen LogP contribution in [0.25, 0.3) is 0 Å². The van der Waals surface area contributed by atoms with E-state index in [1.165, 1.54) is 31.3 Å². The number of benzene rings is 1. The van der Waals surface area contributed by atoms with Crippen molar-refractivity contribution in [2.75, 3.05) is 7.05 Å². The monoisotopic (exact) mass is 247 g/mol. The zero-order valence-electron chi connectivity index (χ0n) is 11.3. The van der Waals surface area contributed by atoms with Gasteiger partial charge in [0.15, 0.2) is 0 Å². The molecule has 1 unspecified atom stereocenters. The van der Waals surface area contributed by atoms with Gasteiger partial charge in [0.2, 0.25) is 0 Å². The van der Waals surface area contributed by atoms with Crippen molar-refractivity contribution in [1.82, 2.24) is 5.32 Å².